The molecular weight excluding hydrogens is 234 g/mol. The zero-order chi connectivity index (χ0) is 13.5. The molecule has 1 aliphatic heterocycles. The maximum Gasteiger partial charge on any atom is 0.251 e. The van der Waals surface area contributed by atoms with Crippen molar-refractivity contribution in [3.63, 3.8) is 0 Å². The lowest BCUT2D eigenvalue weighted by Gasteiger charge is -2.38. The van der Waals surface area contributed by atoms with Crippen molar-refractivity contribution in [3.05, 3.63) is 0 Å². The molecule has 6 nitrogen and oxygen atoms in total. The van der Waals surface area contributed by atoms with Crippen molar-refractivity contribution in [2.75, 3.05) is 26.3 Å². The standard InChI is InChI=1S/C12H25N3O3/c1-9(2)11(12(17)14-13)15-5-3-10(4-6-15)18-8-7-16/h9-11,16H,3-8,13H2,1-2H3,(H,14,17). The van der Waals surface area contributed by atoms with E-state index >= 15 is 0 Å². The van der Waals surface area contributed by atoms with Crippen LogP contribution in [0.25, 0.3) is 0 Å². The molecule has 1 rings (SSSR count). The summed E-state index contributed by atoms with van der Waals surface area (Å²) in [5.41, 5.74) is 2.24. The number of carbonyl (C=O) groups is 1. The molecule has 1 atom stereocenters. The zero-order valence-corrected chi connectivity index (χ0v) is 11.3. The van der Waals surface area contributed by atoms with Crippen LogP contribution in [0.1, 0.15) is 26.7 Å². The summed E-state index contributed by atoms with van der Waals surface area (Å²) >= 11 is 0. The van der Waals surface area contributed by atoms with Crippen LogP contribution in [-0.2, 0) is 9.53 Å². The second-order valence-corrected chi connectivity index (χ2v) is 5.03. The summed E-state index contributed by atoms with van der Waals surface area (Å²) < 4.78 is 5.51. The number of hydrogen-bond donors (Lipinski definition) is 3. The van der Waals surface area contributed by atoms with Crippen LogP contribution in [0.15, 0.2) is 0 Å². The lowest BCUT2D eigenvalue weighted by Crippen LogP contribution is -2.54. The number of hydrazine groups is 1. The van der Waals surface area contributed by atoms with Gasteiger partial charge in [-0.25, -0.2) is 5.84 Å². The van der Waals surface area contributed by atoms with Crippen LogP contribution >= 0.6 is 0 Å². The van der Waals surface area contributed by atoms with Gasteiger partial charge in [-0.05, 0) is 18.8 Å². The summed E-state index contributed by atoms with van der Waals surface area (Å²) in [6.07, 6.45) is 1.98. The van der Waals surface area contributed by atoms with Gasteiger partial charge in [-0.1, -0.05) is 13.8 Å². The minimum atomic E-state index is -0.172. The van der Waals surface area contributed by atoms with Gasteiger partial charge in [-0.2, -0.15) is 0 Å². The lowest BCUT2D eigenvalue weighted by molar-refractivity contribution is -0.129. The third-order valence-electron chi connectivity index (χ3n) is 3.36. The van der Waals surface area contributed by atoms with Crippen LogP contribution in [-0.4, -0.2) is 54.4 Å². The molecule has 0 saturated carbocycles. The average molecular weight is 259 g/mol. The highest BCUT2D eigenvalue weighted by molar-refractivity contribution is 5.81. The van der Waals surface area contributed by atoms with Crippen molar-refractivity contribution in [1.82, 2.24) is 10.3 Å². The van der Waals surface area contributed by atoms with Gasteiger partial charge in [0.1, 0.15) is 0 Å². The Labute approximate surface area is 108 Å². The third-order valence-corrected chi connectivity index (χ3v) is 3.36. The number of aliphatic hydroxyl groups excluding tert-OH is 1. The van der Waals surface area contributed by atoms with Crippen molar-refractivity contribution < 1.29 is 14.6 Å². The number of ether oxygens (including phenoxy) is 1. The molecule has 1 amide bonds. The minimum absolute atomic E-state index is 0.0599. The van der Waals surface area contributed by atoms with Crippen molar-refractivity contribution in [1.29, 1.82) is 0 Å². The Hall–Kier alpha value is -0.690. The maximum absolute atomic E-state index is 11.8. The highest BCUT2D eigenvalue weighted by atomic mass is 16.5. The molecule has 106 valence electrons. The van der Waals surface area contributed by atoms with E-state index in [1.807, 2.05) is 13.8 Å². The first-order chi connectivity index (χ1) is 8.60. The second-order valence-electron chi connectivity index (χ2n) is 5.03. The summed E-state index contributed by atoms with van der Waals surface area (Å²) in [5.74, 6) is 5.33. The Morgan fingerprint density at radius 1 is 1.50 bits per heavy atom. The second kappa shape index (κ2) is 7.68. The number of amides is 1. The molecule has 6 heteroatoms. The van der Waals surface area contributed by atoms with Crippen LogP contribution < -0.4 is 11.3 Å². The molecule has 1 aliphatic rings. The predicted molar refractivity (Wildman–Crippen MR) is 68.6 cm³/mol. The van der Waals surface area contributed by atoms with Crippen LogP contribution in [0.4, 0.5) is 0 Å². The Kier molecular flexibility index (Phi) is 6.56. The first-order valence-corrected chi connectivity index (χ1v) is 6.57. The molecule has 0 aromatic carbocycles. The number of piperidine rings is 1. The Morgan fingerprint density at radius 3 is 2.56 bits per heavy atom. The van der Waals surface area contributed by atoms with E-state index in [-0.39, 0.29) is 30.6 Å². The smallest absolute Gasteiger partial charge is 0.251 e. The van der Waals surface area contributed by atoms with Crippen LogP contribution in [0.3, 0.4) is 0 Å². The van der Waals surface area contributed by atoms with E-state index in [2.05, 4.69) is 10.3 Å². The van der Waals surface area contributed by atoms with E-state index in [1.165, 1.54) is 0 Å². The molecule has 1 heterocycles. The fourth-order valence-corrected chi connectivity index (χ4v) is 2.52. The minimum Gasteiger partial charge on any atom is -0.394 e. The monoisotopic (exact) mass is 259 g/mol. The fraction of sp³-hybridized carbons (Fsp3) is 0.917. The number of nitrogens with one attached hydrogen (secondary N) is 1. The Morgan fingerprint density at radius 2 is 2.11 bits per heavy atom. The quantitative estimate of drug-likeness (QED) is 0.339. The molecule has 0 aromatic heterocycles. The molecule has 0 radical (unpaired) electrons. The summed E-state index contributed by atoms with van der Waals surface area (Å²) in [6.45, 7) is 6.15. The van der Waals surface area contributed by atoms with Gasteiger partial charge < -0.3 is 9.84 Å². The number of nitrogens with zero attached hydrogens (tertiary/aromatic N) is 1. The normalized spacial score (nSPS) is 20.1. The van der Waals surface area contributed by atoms with Crippen LogP contribution in [0, 0.1) is 5.92 Å². The number of likely N-dealkylation sites (tertiary alicyclic amines) is 1. The predicted octanol–water partition coefficient (Wildman–Crippen LogP) is -0.526. The number of carbonyl (C=O) groups excluding carboxylic acids is 1. The Balaban J connectivity index is 2.46. The summed E-state index contributed by atoms with van der Waals surface area (Å²) in [6, 6.07) is -0.172. The number of nitrogens with two attached hydrogens (primary N) is 1. The van der Waals surface area contributed by atoms with Gasteiger partial charge in [0, 0.05) is 13.1 Å². The summed E-state index contributed by atoms with van der Waals surface area (Å²) in [7, 11) is 0. The topological polar surface area (TPSA) is 87.8 Å². The molecule has 0 bridgehead atoms. The first kappa shape index (κ1) is 15.4. The van der Waals surface area contributed by atoms with Gasteiger partial charge in [-0.15, -0.1) is 0 Å². The SMILES string of the molecule is CC(C)C(C(=O)NN)N1CCC(OCCO)CC1. The number of hydrogen-bond acceptors (Lipinski definition) is 5. The summed E-state index contributed by atoms with van der Waals surface area (Å²) in [5, 5.41) is 8.71. The molecule has 4 N–H and O–H groups in total. The maximum atomic E-state index is 11.8. The van der Waals surface area contributed by atoms with Crippen LogP contribution in [0.2, 0.25) is 0 Å². The fourth-order valence-electron chi connectivity index (χ4n) is 2.52. The molecule has 0 spiro atoms. The van der Waals surface area contributed by atoms with Gasteiger partial charge in [0.25, 0.3) is 5.91 Å². The average Bonchev–Trinajstić information content (AvgIpc) is 2.37. The lowest BCUT2D eigenvalue weighted by atomic mass is 9.98. The molecule has 1 fully saturated rings. The largest absolute Gasteiger partial charge is 0.394 e. The van der Waals surface area contributed by atoms with Gasteiger partial charge in [0.15, 0.2) is 0 Å². The van der Waals surface area contributed by atoms with E-state index in [0.717, 1.165) is 25.9 Å². The van der Waals surface area contributed by atoms with Gasteiger partial charge in [0.2, 0.25) is 0 Å². The van der Waals surface area contributed by atoms with E-state index in [1.54, 1.807) is 0 Å². The molecule has 18 heavy (non-hydrogen) atoms. The number of aliphatic hydroxyl groups is 1. The van der Waals surface area contributed by atoms with Crippen molar-refractivity contribution in [2.45, 2.75) is 38.8 Å². The number of rotatable bonds is 6. The van der Waals surface area contributed by atoms with Crippen molar-refractivity contribution in [3.8, 4) is 0 Å². The molecule has 0 aromatic rings. The van der Waals surface area contributed by atoms with Gasteiger partial charge in [-0.3, -0.25) is 15.1 Å². The molecule has 1 unspecified atom stereocenters. The van der Waals surface area contributed by atoms with E-state index in [0.29, 0.717) is 6.61 Å². The van der Waals surface area contributed by atoms with Gasteiger partial charge >= 0.3 is 0 Å². The summed E-state index contributed by atoms with van der Waals surface area (Å²) in [4.78, 5) is 13.9. The Bertz CT molecular complexity index is 253. The highest BCUT2D eigenvalue weighted by Gasteiger charge is 2.31. The zero-order valence-electron chi connectivity index (χ0n) is 11.3. The molecule has 0 aliphatic carbocycles. The molecule has 1 saturated heterocycles. The third kappa shape index (κ3) is 4.20. The van der Waals surface area contributed by atoms with Crippen molar-refractivity contribution in [2.24, 2.45) is 11.8 Å². The van der Waals surface area contributed by atoms with Crippen LogP contribution in [0.5, 0.6) is 0 Å². The van der Waals surface area contributed by atoms with E-state index in [9.17, 15) is 4.79 Å². The van der Waals surface area contributed by atoms with E-state index in [4.69, 9.17) is 15.7 Å². The highest BCUT2D eigenvalue weighted by Crippen LogP contribution is 2.19. The van der Waals surface area contributed by atoms with Gasteiger partial charge in [0.05, 0.1) is 25.4 Å². The first-order valence-electron chi connectivity index (χ1n) is 6.57. The van der Waals surface area contributed by atoms with Crippen molar-refractivity contribution >= 4 is 5.91 Å². The van der Waals surface area contributed by atoms with E-state index < -0.39 is 0 Å². The molecular formula is C12H25N3O3.